The smallest absolute Gasteiger partial charge is 0.0454 e. The van der Waals surface area contributed by atoms with Crippen LogP contribution in [0.25, 0.3) is 10.9 Å². The van der Waals surface area contributed by atoms with Crippen LogP contribution in [0, 0.1) is 13.8 Å². The Morgan fingerprint density at radius 2 is 2.00 bits per heavy atom. The number of aromatic nitrogens is 1. The second kappa shape index (κ2) is 5.19. The maximum atomic E-state index is 3.52. The summed E-state index contributed by atoms with van der Waals surface area (Å²) >= 11 is 1.89. The first kappa shape index (κ1) is 12.5. The molecule has 19 heavy (non-hydrogen) atoms. The van der Waals surface area contributed by atoms with Gasteiger partial charge in [-0.15, -0.1) is 11.3 Å². The zero-order valence-corrected chi connectivity index (χ0v) is 12.1. The van der Waals surface area contributed by atoms with Crippen molar-refractivity contribution in [1.82, 2.24) is 10.3 Å². The highest BCUT2D eigenvalue weighted by Gasteiger charge is 2.02. The molecule has 2 nitrogen and oxygen atoms in total. The van der Waals surface area contributed by atoms with E-state index >= 15 is 0 Å². The lowest BCUT2D eigenvalue weighted by Crippen LogP contribution is -2.11. The highest BCUT2D eigenvalue weighted by atomic mass is 32.1. The Balaban J connectivity index is 1.62. The maximum absolute atomic E-state index is 3.52. The average Bonchev–Trinajstić information content (AvgIpc) is 2.96. The van der Waals surface area contributed by atoms with Crippen LogP contribution in [0.1, 0.15) is 20.9 Å². The molecule has 0 aliphatic heterocycles. The van der Waals surface area contributed by atoms with Crippen molar-refractivity contribution in [2.75, 3.05) is 0 Å². The largest absolute Gasteiger partial charge is 0.361 e. The minimum absolute atomic E-state index is 0.914. The maximum Gasteiger partial charge on any atom is 0.0454 e. The molecular formula is C16H18N2S. The summed E-state index contributed by atoms with van der Waals surface area (Å²) in [6, 6.07) is 11.0. The van der Waals surface area contributed by atoms with Gasteiger partial charge in [0.2, 0.25) is 0 Å². The molecule has 1 aromatic carbocycles. The van der Waals surface area contributed by atoms with Crippen molar-refractivity contribution in [3.05, 3.63) is 57.4 Å². The fourth-order valence-electron chi connectivity index (χ4n) is 2.28. The van der Waals surface area contributed by atoms with Crippen molar-refractivity contribution in [3.63, 3.8) is 0 Å². The fourth-order valence-corrected chi connectivity index (χ4v) is 3.30. The summed E-state index contributed by atoms with van der Waals surface area (Å²) in [6.45, 7) is 6.22. The van der Waals surface area contributed by atoms with Crippen LogP contribution >= 0.6 is 11.3 Å². The van der Waals surface area contributed by atoms with E-state index in [1.807, 2.05) is 17.5 Å². The van der Waals surface area contributed by atoms with E-state index in [0.717, 1.165) is 13.1 Å². The molecule has 0 spiro atoms. The Kier molecular flexibility index (Phi) is 3.40. The lowest BCUT2D eigenvalue weighted by atomic mass is 10.1. The molecule has 0 atom stereocenters. The van der Waals surface area contributed by atoms with E-state index in [1.54, 1.807) is 0 Å². The standard InChI is InChI=1S/C16H18N2S/c1-11-7-15(19-12(11)2)10-17-9-13-3-4-16-14(8-13)5-6-18-16/h3-8,17-18H,9-10H2,1-2H3. The number of hydrogen-bond acceptors (Lipinski definition) is 2. The average molecular weight is 270 g/mol. The van der Waals surface area contributed by atoms with Crippen LogP contribution in [-0.2, 0) is 13.1 Å². The van der Waals surface area contributed by atoms with Crippen LogP contribution in [0.3, 0.4) is 0 Å². The number of benzene rings is 1. The van der Waals surface area contributed by atoms with Gasteiger partial charge >= 0.3 is 0 Å². The van der Waals surface area contributed by atoms with Crippen LogP contribution in [0.5, 0.6) is 0 Å². The molecule has 3 aromatic rings. The van der Waals surface area contributed by atoms with E-state index in [2.05, 4.69) is 54.5 Å². The third-order valence-electron chi connectivity index (χ3n) is 3.46. The third kappa shape index (κ3) is 2.72. The monoisotopic (exact) mass is 270 g/mol. The van der Waals surface area contributed by atoms with E-state index in [1.165, 1.54) is 31.8 Å². The predicted molar refractivity (Wildman–Crippen MR) is 82.6 cm³/mol. The Bertz CT molecular complexity index is 674. The van der Waals surface area contributed by atoms with Crippen LogP contribution in [0.15, 0.2) is 36.5 Å². The zero-order valence-electron chi connectivity index (χ0n) is 11.3. The molecule has 0 fully saturated rings. The molecule has 0 aliphatic carbocycles. The lowest BCUT2D eigenvalue weighted by Gasteiger charge is -2.03. The summed E-state index contributed by atoms with van der Waals surface area (Å²) in [5.41, 5.74) is 3.93. The number of hydrogen-bond donors (Lipinski definition) is 2. The van der Waals surface area contributed by atoms with Crippen molar-refractivity contribution < 1.29 is 0 Å². The molecule has 0 amide bonds. The summed E-state index contributed by atoms with van der Waals surface area (Å²) in [5, 5.41) is 4.80. The van der Waals surface area contributed by atoms with Gasteiger partial charge in [-0.2, -0.15) is 0 Å². The molecular weight excluding hydrogens is 252 g/mol. The van der Waals surface area contributed by atoms with Gasteiger partial charge in [-0.1, -0.05) is 6.07 Å². The molecule has 0 aliphatic rings. The molecule has 0 saturated heterocycles. The van der Waals surface area contributed by atoms with Gasteiger partial charge in [0.15, 0.2) is 0 Å². The number of rotatable bonds is 4. The predicted octanol–water partition coefficient (Wildman–Crippen LogP) is 4.14. The molecule has 0 unspecified atom stereocenters. The number of H-pyrrole nitrogens is 1. The second-order valence-corrected chi connectivity index (χ2v) is 6.30. The second-order valence-electron chi connectivity index (χ2n) is 4.95. The van der Waals surface area contributed by atoms with Gasteiger partial charge in [0.25, 0.3) is 0 Å². The van der Waals surface area contributed by atoms with Gasteiger partial charge in [0.1, 0.15) is 0 Å². The zero-order chi connectivity index (χ0) is 13.2. The quantitative estimate of drug-likeness (QED) is 0.733. The SMILES string of the molecule is Cc1cc(CNCc2ccc3[nH]ccc3c2)sc1C. The molecule has 0 bridgehead atoms. The van der Waals surface area contributed by atoms with Crippen LogP contribution in [0.4, 0.5) is 0 Å². The number of aromatic amines is 1. The first-order valence-electron chi connectivity index (χ1n) is 6.55. The van der Waals surface area contributed by atoms with Crippen molar-refractivity contribution >= 4 is 22.2 Å². The Hall–Kier alpha value is -1.58. The van der Waals surface area contributed by atoms with Gasteiger partial charge in [-0.3, -0.25) is 0 Å². The number of aryl methyl sites for hydroxylation is 2. The van der Waals surface area contributed by atoms with Gasteiger partial charge in [-0.05, 0) is 54.6 Å². The minimum Gasteiger partial charge on any atom is -0.361 e. The highest BCUT2D eigenvalue weighted by molar-refractivity contribution is 7.12. The normalized spacial score (nSPS) is 11.3. The number of fused-ring (bicyclic) bond motifs is 1. The summed E-state index contributed by atoms with van der Waals surface area (Å²) in [7, 11) is 0. The van der Waals surface area contributed by atoms with E-state index in [0.29, 0.717) is 0 Å². The molecule has 2 N–H and O–H groups in total. The van der Waals surface area contributed by atoms with Gasteiger partial charge < -0.3 is 10.3 Å². The number of nitrogens with one attached hydrogen (secondary N) is 2. The topological polar surface area (TPSA) is 27.8 Å². The van der Waals surface area contributed by atoms with Crippen LogP contribution < -0.4 is 5.32 Å². The lowest BCUT2D eigenvalue weighted by molar-refractivity contribution is 0.701. The van der Waals surface area contributed by atoms with Gasteiger partial charge in [0, 0.05) is 34.6 Å². The van der Waals surface area contributed by atoms with E-state index in [9.17, 15) is 0 Å². The van der Waals surface area contributed by atoms with Crippen molar-refractivity contribution in [2.24, 2.45) is 0 Å². The van der Waals surface area contributed by atoms with Crippen molar-refractivity contribution in [3.8, 4) is 0 Å². The van der Waals surface area contributed by atoms with Gasteiger partial charge in [-0.25, -0.2) is 0 Å². The first-order chi connectivity index (χ1) is 9.22. The van der Waals surface area contributed by atoms with Crippen molar-refractivity contribution in [1.29, 1.82) is 0 Å². The molecule has 3 rings (SSSR count). The Morgan fingerprint density at radius 3 is 2.79 bits per heavy atom. The highest BCUT2D eigenvalue weighted by Crippen LogP contribution is 2.20. The summed E-state index contributed by atoms with van der Waals surface area (Å²) < 4.78 is 0. The molecule has 2 heterocycles. The Labute approximate surface area is 117 Å². The van der Waals surface area contributed by atoms with E-state index in [-0.39, 0.29) is 0 Å². The van der Waals surface area contributed by atoms with Crippen LogP contribution in [0.2, 0.25) is 0 Å². The molecule has 2 aromatic heterocycles. The molecule has 0 radical (unpaired) electrons. The molecule has 98 valence electrons. The summed E-state index contributed by atoms with van der Waals surface area (Å²) in [5.74, 6) is 0. The minimum atomic E-state index is 0.914. The number of thiophene rings is 1. The molecule has 0 saturated carbocycles. The third-order valence-corrected chi connectivity index (χ3v) is 4.62. The van der Waals surface area contributed by atoms with E-state index < -0.39 is 0 Å². The Morgan fingerprint density at radius 1 is 1.11 bits per heavy atom. The van der Waals surface area contributed by atoms with Crippen molar-refractivity contribution in [2.45, 2.75) is 26.9 Å². The summed E-state index contributed by atoms with van der Waals surface area (Å²) in [4.78, 5) is 6.06. The van der Waals surface area contributed by atoms with Crippen LogP contribution in [-0.4, -0.2) is 4.98 Å². The first-order valence-corrected chi connectivity index (χ1v) is 7.37. The van der Waals surface area contributed by atoms with Gasteiger partial charge in [0.05, 0.1) is 0 Å². The van der Waals surface area contributed by atoms with E-state index in [4.69, 9.17) is 0 Å². The summed E-state index contributed by atoms with van der Waals surface area (Å²) in [6.07, 6.45) is 1.99. The molecule has 3 heteroatoms. The fraction of sp³-hybridized carbons (Fsp3) is 0.250.